The Balaban J connectivity index is 2.18. The highest BCUT2D eigenvalue weighted by atomic mass is 19.1. The molecule has 6 heteroatoms. The molecule has 0 saturated carbocycles. The maximum atomic E-state index is 13.4. The van der Waals surface area contributed by atoms with E-state index < -0.39 is 11.8 Å². The summed E-state index contributed by atoms with van der Waals surface area (Å²) in [6.45, 7) is 0. The van der Waals surface area contributed by atoms with E-state index in [4.69, 9.17) is 5.11 Å². The van der Waals surface area contributed by atoms with Gasteiger partial charge in [-0.3, -0.25) is 4.79 Å². The number of rotatable bonds is 4. The van der Waals surface area contributed by atoms with Crippen molar-refractivity contribution in [3.05, 3.63) is 42.0 Å². The standard InChI is InChI=1S/C11H10FN3O2/c12-9-3-1-2-4-10(9)15-7-8(13-14-15)5-6-11(16)17/h1-4,7H,5-6H2,(H,16,17). The lowest BCUT2D eigenvalue weighted by molar-refractivity contribution is -0.136. The monoisotopic (exact) mass is 235 g/mol. The van der Waals surface area contributed by atoms with Crippen LogP contribution in [0.2, 0.25) is 0 Å². The Morgan fingerprint density at radius 3 is 2.88 bits per heavy atom. The summed E-state index contributed by atoms with van der Waals surface area (Å²) >= 11 is 0. The zero-order chi connectivity index (χ0) is 12.3. The smallest absolute Gasteiger partial charge is 0.303 e. The van der Waals surface area contributed by atoms with Crippen molar-refractivity contribution < 1.29 is 14.3 Å². The number of para-hydroxylation sites is 1. The van der Waals surface area contributed by atoms with Crippen molar-refractivity contribution in [3.8, 4) is 5.69 Å². The summed E-state index contributed by atoms with van der Waals surface area (Å²) in [5.41, 5.74) is 0.817. The van der Waals surface area contributed by atoms with Crippen LogP contribution >= 0.6 is 0 Å². The minimum atomic E-state index is -0.898. The molecule has 0 aliphatic carbocycles. The molecule has 17 heavy (non-hydrogen) atoms. The Morgan fingerprint density at radius 2 is 2.18 bits per heavy atom. The number of aliphatic carboxylic acids is 1. The van der Waals surface area contributed by atoms with E-state index in [2.05, 4.69) is 10.3 Å². The van der Waals surface area contributed by atoms with Crippen molar-refractivity contribution in [1.29, 1.82) is 0 Å². The number of halogens is 1. The zero-order valence-corrected chi connectivity index (χ0v) is 8.88. The second-order valence-electron chi connectivity index (χ2n) is 3.50. The van der Waals surface area contributed by atoms with Gasteiger partial charge in [0, 0.05) is 6.42 Å². The van der Waals surface area contributed by atoms with E-state index in [1.807, 2.05) is 0 Å². The van der Waals surface area contributed by atoms with Gasteiger partial charge in [0.15, 0.2) is 0 Å². The fourth-order valence-corrected chi connectivity index (χ4v) is 1.40. The Kier molecular flexibility index (Phi) is 3.13. The number of nitrogens with zero attached hydrogens (tertiary/aromatic N) is 3. The van der Waals surface area contributed by atoms with Crippen LogP contribution in [0.25, 0.3) is 5.69 Å². The van der Waals surface area contributed by atoms with Crippen LogP contribution < -0.4 is 0 Å². The van der Waals surface area contributed by atoms with Crippen LogP contribution in [-0.4, -0.2) is 26.1 Å². The number of carboxylic acid groups (broad SMARTS) is 1. The van der Waals surface area contributed by atoms with Gasteiger partial charge >= 0.3 is 5.97 Å². The lowest BCUT2D eigenvalue weighted by Gasteiger charge is -1.99. The third-order valence-electron chi connectivity index (χ3n) is 2.24. The summed E-state index contributed by atoms with van der Waals surface area (Å²) in [5, 5.41) is 16.1. The zero-order valence-electron chi connectivity index (χ0n) is 8.88. The second-order valence-corrected chi connectivity index (χ2v) is 3.50. The molecule has 0 spiro atoms. The number of aryl methyl sites for hydroxylation is 1. The Hall–Kier alpha value is -2.24. The Morgan fingerprint density at radius 1 is 1.41 bits per heavy atom. The number of benzene rings is 1. The van der Waals surface area contributed by atoms with E-state index in [0.717, 1.165) is 0 Å². The van der Waals surface area contributed by atoms with Crippen molar-refractivity contribution in [2.75, 3.05) is 0 Å². The molecule has 1 aromatic carbocycles. The molecule has 0 unspecified atom stereocenters. The highest BCUT2D eigenvalue weighted by Crippen LogP contribution is 2.11. The molecule has 0 aliphatic heterocycles. The molecule has 0 atom stereocenters. The van der Waals surface area contributed by atoms with Gasteiger partial charge in [-0.25, -0.2) is 9.07 Å². The Labute approximate surface area is 96.5 Å². The molecule has 2 aromatic rings. The lowest BCUT2D eigenvalue weighted by atomic mass is 10.2. The largest absolute Gasteiger partial charge is 0.481 e. The van der Waals surface area contributed by atoms with Gasteiger partial charge in [0.25, 0.3) is 0 Å². The quantitative estimate of drug-likeness (QED) is 0.870. The van der Waals surface area contributed by atoms with Gasteiger partial charge < -0.3 is 5.11 Å². The minimum Gasteiger partial charge on any atom is -0.481 e. The molecule has 0 aliphatic rings. The summed E-state index contributed by atoms with van der Waals surface area (Å²) in [4.78, 5) is 10.4. The average molecular weight is 235 g/mol. The average Bonchev–Trinajstić information content (AvgIpc) is 2.75. The molecule has 0 fully saturated rings. The minimum absolute atomic E-state index is 0.0179. The number of hydrogen-bond acceptors (Lipinski definition) is 3. The van der Waals surface area contributed by atoms with Gasteiger partial charge in [-0.2, -0.15) is 0 Å². The summed E-state index contributed by atoms with van der Waals surface area (Å²) in [7, 11) is 0. The molecule has 1 aromatic heterocycles. The molecule has 0 amide bonds. The fourth-order valence-electron chi connectivity index (χ4n) is 1.40. The van der Waals surface area contributed by atoms with Crippen LogP contribution in [0, 0.1) is 5.82 Å². The topological polar surface area (TPSA) is 68.0 Å². The van der Waals surface area contributed by atoms with Gasteiger partial charge in [0.05, 0.1) is 18.3 Å². The summed E-state index contributed by atoms with van der Waals surface area (Å²) < 4.78 is 14.7. The molecule has 5 nitrogen and oxygen atoms in total. The first-order valence-corrected chi connectivity index (χ1v) is 5.05. The number of aromatic nitrogens is 3. The van der Waals surface area contributed by atoms with Crippen molar-refractivity contribution in [2.24, 2.45) is 0 Å². The summed E-state index contributed by atoms with van der Waals surface area (Å²) in [5.74, 6) is -1.30. The molecule has 0 radical (unpaired) electrons. The van der Waals surface area contributed by atoms with Gasteiger partial charge in [-0.15, -0.1) is 5.10 Å². The van der Waals surface area contributed by atoms with Gasteiger partial charge in [0.2, 0.25) is 0 Å². The van der Waals surface area contributed by atoms with Crippen LogP contribution in [0.3, 0.4) is 0 Å². The van der Waals surface area contributed by atoms with Crippen LogP contribution in [0.15, 0.2) is 30.5 Å². The van der Waals surface area contributed by atoms with Gasteiger partial charge in [0.1, 0.15) is 11.5 Å². The summed E-state index contributed by atoms with van der Waals surface area (Å²) in [6.07, 6.45) is 1.79. The highest BCUT2D eigenvalue weighted by molar-refractivity contribution is 5.66. The normalized spacial score (nSPS) is 10.4. The highest BCUT2D eigenvalue weighted by Gasteiger charge is 2.07. The van der Waals surface area contributed by atoms with Crippen molar-refractivity contribution in [1.82, 2.24) is 15.0 Å². The number of carboxylic acids is 1. The van der Waals surface area contributed by atoms with Crippen molar-refractivity contribution in [3.63, 3.8) is 0 Å². The maximum Gasteiger partial charge on any atom is 0.303 e. The molecule has 0 saturated heterocycles. The fraction of sp³-hybridized carbons (Fsp3) is 0.182. The van der Waals surface area contributed by atoms with E-state index in [-0.39, 0.29) is 12.8 Å². The lowest BCUT2D eigenvalue weighted by Crippen LogP contribution is -1.98. The molecule has 1 N–H and O–H groups in total. The molecule has 1 heterocycles. The van der Waals surface area contributed by atoms with E-state index in [0.29, 0.717) is 11.4 Å². The number of carbonyl (C=O) groups is 1. The maximum absolute atomic E-state index is 13.4. The van der Waals surface area contributed by atoms with Gasteiger partial charge in [-0.05, 0) is 12.1 Å². The van der Waals surface area contributed by atoms with Crippen molar-refractivity contribution >= 4 is 5.97 Å². The van der Waals surface area contributed by atoms with Gasteiger partial charge in [-0.1, -0.05) is 17.3 Å². The molecule has 2 rings (SSSR count). The van der Waals surface area contributed by atoms with Crippen LogP contribution in [0.4, 0.5) is 4.39 Å². The molecule has 0 bridgehead atoms. The molecule has 88 valence electrons. The first kappa shape index (κ1) is 11.3. The van der Waals surface area contributed by atoms with Crippen LogP contribution in [0.5, 0.6) is 0 Å². The predicted octanol–water partition coefficient (Wildman–Crippen LogP) is 1.42. The summed E-state index contributed by atoms with van der Waals surface area (Å²) in [6, 6.07) is 6.18. The molecular formula is C11H10FN3O2. The predicted molar refractivity (Wildman–Crippen MR) is 57.3 cm³/mol. The third-order valence-corrected chi connectivity index (χ3v) is 2.24. The van der Waals surface area contributed by atoms with E-state index in [1.165, 1.54) is 16.9 Å². The second kappa shape index (κ2) is 4.73. The molecular weight excluding hydrogens is 225 g/mol. The first-order chi connectivity index (χ1) is 8.16. The first-order valence-electron chi connectivity index (χ1n) is 5.05. The number of hydrogen-bond donors (Lipinski definition) is 1. The van der Waals surface area contributed by atoms with E-state index in [9.17, 15) is 9.18 Å². The SMILES string of the molecule is O=C(O)CCc1cn(-c2ccccc2F)nn1. The third kappa shape index (κ3) is 2.66. The van der Waals surface area contributed by atoms with Crippen molar-refractivity contribution in [2.45, 2.75) is 12.8 Å². The van der Waals surface area contributed by atoms with Crippen LogP contribution in [-0.2, 0) is 11.2 Å². The van der Waals surface area contributed by atoms with E-state index >= 15 is 0 Å². The van der Waals surface area contributed by atoms with E-state index in [1.54, 1.807) is 18.2 Å². The van der Waals surface area contributed by atoms with Crippen LogP contribution in [0.1, 0.15) is 12.1 Å². The Bertz CT molecular complexity index is 539.